The van der Waals surface area contributed by atoms with Gasteiger partial charge in [-0.15, -0.1) is 0 Å². The Morgan fingerprint density at radius 2 is 2.10 bits per heavy atom. The van der Waals surface area contributed by atoms with Gasteiger partial charge in [0.25, 0.3) is 0 Å². The van der Waals surface area contributed by atoms with E-state index in [2.05, 4.69) is 6.07 Å². The van der Waals surface area contributed by atoms with Gasteiger partial charge in [-0.1, -0.05) is 19.9 Å². The first kappa shape index (κ1) is 16.0. The van der Waals surface area contributed by atoms with Gasteiger partial charge in [0.1, 0.15) is 0 Å². The maximum Gasteiger partial charge on any atom is 0.188 e. The first-order chi connectivity index (χ1) is 9.77. The molecule has 0 amide bonds. The molecule has 0 bridgehead atoms. The average molecular weight is 288 g/mol. The predicted molar refractivity (Wildman–Crippen MR) is 81.8 cm³/mol. The van der Waals surface area contributed by atoms with Crippen LogP contribution in [0.5, 0.6) is 0 Å². The van der Waals surface area contributed by atoms with Crippen LogP contribution in [-0.4, -0.2) is 40.5 Å². The Morgan fingerprint density at radius 1 is 1.43 bits per heavy atom. The molecule has 21 heavy (non-hydrogen) atoms. The van der Waals surface area contributed by atoms with Crippen LogP contribution < -0.4 is 0 Å². The fraction of sp³-hybridized carbons (Fsp3) is 0.588. The van der Waals surface area contributed by atoms with Crippen LogP contribution in [0.25, 0.3) is 0 Å². The Bertz CT molecular complexity index is 577. The Morgan fingerprint density at radius 3 is 2.67 bits per heavy atom. The van der Waals surface area contributed by atoms with Crippen LogP contribution in [-0.2, 0) is 11.8 Å². The largest absolute Gasteiger partial charge is 0.364 e. The van der Waals surface area contributed by atoms with E-state index >= 15 is 0 Å². The molecule has 2 N–H and O–H groups in total. The SMILES string of the molecule is CCc1ccc(C#N)cc1[C@@]1(C)CCN(C)[C@H](C)C1(O)O. The third-order valence-electron chi connectivity index (χ3n) is 5.23. The lowest BCUT2D eigenvalue weighted by Crippen LogP contribution is -2.66. The summed E-state index contributed by atoms with van der Waals surface area (Å²) >= 11 is 0. The van der Waals surface area contributed by atoms with Gasteiger partial charge in [-0.2, -0.15) is 5.26 Å². The number of hydrogen-bond donors (Lipinski definition) is 2. The van der Waals surface area contributed by atoms with E-state index in [9.17, 15) is 10.2 Å². The molecular weight excluding hydrogens is 264 g/mol. The first-order valence-corrected chi connectivity index (χ1v) is 7.46. The molecule has 4 heteroatoms. The lowest BCUT2D eigenvalue weighted by Gasteiger charge is -2.52. The summed E-state index contributed by atoms with van der Waals surface area (Å²) in [5.41, 5.74) is 1.73. The molecular formula is C17H24N2O2. The number of benzene rings is 1. The summed E-state index contributed by atoms with van der Waals surface area (Å²) in [5.74, 6) is -1.84. The molecule has 1 heterocycles. The van der Waals surface area contributed by atoms with Crippen molar-refractivity contribution < 1.29 is 10.2 Å². The Hall–Kier alpha value is -1.41. The zero-order valence-corrected chi connectivity index (χ0v) is 13.2. The minimum absolute atomic E-state index is 0.369. The van der Waals surface area contributed by atoms with Crippen molar-refractivity contribution in [3.63, 3.8) is 0 Å². The van der Waals surface area contributed by atoms with E-state index in [1.54, 1.807) is 6.07 Å². The van der Waals surface area contributed by atoms with E-state index in [1.807, 2.05) is 44.9 Å². The number of likely N-dealkylation sites (N-methyl/N-ethyl adjacent to an activating group) is 1. The normalized spacial score (nSPS) is 29.1. The monoisotopic (exact) mass is 288 g/mol. The van der Waals surface area contributed by atoms with E-state index in [4.69, 9.17) is 5.26 Å². The van der Waals surface area contributed by atoms with E-state index in [0.717, 1.165) is 24.1 Å². The van der Waals surface area contributed by atoms with Gasteiger partial charge in [-0.05, 0) is 56.6 Å². The maximum absolute atomic E-state index is 10.8. The Balaban J connectivity index is 2.61. The predicted octanol–water partition coefficient (Wildman–Crippen LogP) is 1.78. The molecule has 1 saturated heterocycles. The molecule has 114 valence electrons. The van der Waals surface area contributed by atoms with Gasteiger partial charge in [-0.25, -0.2) is 0 Å². The number of aryl methyl sites for hydroxylation is 1. The van der Waals surface area contributed by atoms with Gasteiger partial charge >= 0.3 is 0 Å². The number of aliphatic hydroxyl groups is 2. The minimum Gasteiger partial charge on any atom is -0.364 e. The fourth-order valence-electron chi connectivity index (χ4n) is 3.35. The third kappa shape index (κ3) is 2.36. The topological polar surface area (TPSA) is 67.5 Å². The number of likely N-dealkylation sites (tertiary alicyclic amines) is 1. The second kappa shape index (κ2) is 5.42. The molecule has 0 saturated carbocycles. The van der Waals surface area contributed by atoms with Crippen LogP contribution in [0.4, 0.5) is 0 Å². The summed E-state index contributed by atoms with van der Waals surface area (Å²) in [5, 5.41) is 30.7. The van der Waals surface area contributed by atoms with Crippen molar-refractivity contribution in [1.82, 2.24) is 4.90 Å². The molecule has 1 fully saturated rings. The quantitative estimate of drug-likeness (QED) is 0.814. The van der Waals surface area contributed by atoms with Crippen molar-refractivity contribution in [2.24, 2.45) is 0 Å². The Kier molecular flexibility index (Phi) is 4.12. The van der Waals surface area contributed by atoms with Crippen molar-refractivity contribution in [3.05, 3.63) is 34.9 Å². The highest BCUT2D eigenvalue weighted by Gasteiger charge is 2.55. The van der Waals surface area contributed by atoms with Gasteiger partial charge in [-0.3, -0.25) is 4.90 Å². The van der Waals surface area contributed by atoms with Crippen LogP contribution in [0, 0.1) is 11.3 Å². The molecule has 1 aromatic rings. The van der Waals surface area contributed by atoms with Crippen LogP contribution in [0.15, 0.2) is 18.2 Å². The van der Waals surface area contributed by atoms with E-state index in [-0.39, 0.29) is 6.04 Å². The minimum atomic E-state index is -1.84. The highest BCUT2D eigenvalue weighted by Crippen LogP contribution is 2.45. The second-order valence-corrected chi connectivity index (χ2v) is 6.30. The highest BCUT2D eigenvalue weighted by molar-refractivity contribution is 5.44. The molecule has 0 unspecified atom stereocenters. The third-order valence-corrected chi connectivity index (χ3v) is 5.23. The van der Waals surface area contributed by atoms with Gasteiger partial charge in [0, 0.05) is 5.41 Å². The van der Waals surface area contributed by atoms with Gasteiger partial charge in [0.2, 0.25) is 0 Å². The van der Waals surface area contributed by atoms with E-state index in [1.165, 1.54) is 0 Å². The van der Waals surface area contributed by atoms with Gasteiger partial charge < -0.3 is 10.2 Å². The molecule has 2 atom stereocenters. The number of nitrogens with zero attached hydrogens (tertiary/aromatic N) is 2. The summed E-state index contributed by atoms with van der Waals surface area (Å²) in [4.78, 5) is 1.96. The average Bonchev–Trinajstić information content (AvgIpc) is 2.49. The number of rotatable bonds is 2. The highest BCUT2D eigenvalue weighted by atomic mass is 16.5. The number of nitriles is 1. The standard InChI is InChI=1S/C17H24N2O2/c1-5-14-7-6-13(11-18)10-15(14)16(3)8-9-19(4)12(2)17(16,20)21/h6-7,10,12,20-21H,5,8-9H2,1-4H3/t12-,16-/m1/s1. The molecule has 0 aliphatic carbocycles. The zero-order valence-electron chi connectivity index (χ0n) is 13.2. The maximum atomic E-state index is 10.8. The van der Waals surface area contributed by atoms with Crippen molar-refractivity contribution in [2.75, 3.05) is 13.6 Å². The van der Waals surface area contributed by atoms with Gasteiger partial charge in [0.05, 0.1) is 17.7 Å². The molecule has 0 radical (unpaired) electrons. The first-order valence-electron chi connectivity index (χ1n) is 7.46. The number of hydrogen-bond acceptors (Lipinski definition) is 4. The Labute approximate surface area is 126 Å². The van der Waals surface area contributed by atoms with Crippen molar-refractivity contribution >= 4 is 0 Å². The van der Waals surface area contributed by atoms with Crippen LogP contribution in [0.3, 0.4) is 0 Å². The second-order valence-electron chi connectivity index (χ2n) is 6.30. The molecule has 2 rings (SSSR count). The van der Waals surface area contributed by atoms with Crippen LogP contribution in [0.2, 0.25) is 0 Å². The molecule has 1 aliphatic rings. The summed E-state index contributed by atoms with van der Waals surface area (Å²) in [7, 11) is 1.90. The lowest BCUT2D eigenvalue weighted by molar-refractivity contribution is -0.261. The molecule has 1 aromatic carbocycles. The molecule has 1 aliphatic heterocycles. The van der Waals surface area contributed by atoms with E-state index in [0.29, 0.717) is 12.0 Å². The van der Waals surface area contributed by atoms with Crippen molar-refractivity contribution in [3.8, 4) is 6.07 Å². The van der Waals surface area contributed by atoms with Crippen LogP contribution in [0.1, 0.15) is 43.9 Å². The lowest BCUT2D eigenvalue weighted by atomic mass is 9.65. The molecule has 0 spiro atoms. The number of piperidine rings is 1. The smallest absolute Gasteiger partial charge is 0.188 e. The summed E-state index contributed by atoms with van der Waals surface area (Å²) in [6, 6.07) is 7.32. The molecule has 4 nitrogen and oxygen atoms in total. The fourth-order valence-corrected chi connectivity index (χ4v) is 3.35. The van der Waals surface area contributed by atoms with Gasteiger partial charge in [0.15, 0.2) is 5.79 Å². The summed E-state index contributed by atoms with van der Waals surface area (Å²) in [6.07, 6.45) is 1.44. The van der Waals surface area contributed by atoms with Crippen molar-refractivity contribution in [2.45, 2.75) is 50.9 Å². The summed E-state index contributed by atoms with van der Waals surface area (Å²) in [6.45, 7) is 6.56. The van der Waals surface area contributed by atoms with Crippen LogP contribution >= 0.6 is 0 Å². The van der Waals surface area contributed by atoms with Crippen molar-refractivity contribution in [1.29, 1.82) is 5.26 Å². The summed E-state index contributed by atoms with van der Waals surface area (Å²) < 4.78 is 0. The van der Waals surface area contributed by atoms with E-state index < -0.39 is 11.2 Å². The zero-order chi connectivity index (χ0) is 15.8. The molecule has 0 aromatic heterocycles.